The number of rotatable bonds is 4. The molecule has 1 amide bonds. The van der Waals surface area contributed by atoms with Gasteiger partial charge in [0, 0.05) is 29.5 Å². The highest BCUT2D eigenvalue weighted by Crippen LogP contribution is 2.33. The lowest BCUT2D eigenvalue weighted by molar-refractivity contribution is -0.128. The van der Waals surface area contributed by atoms with Crippen molar-refractivity contribution in [3.05, 3.63) is 58.0 Å². The van der Waals surface area contributed by atoms with Gasteiger partial charge in [-0.05, 0) is 42.8 Å². The number of fused-ring (bicyclic) bond motifs is 1. The Morgan fingerprint density at radius 3 is 2.80 bits per heavy atom. The van der Waals surface area contributed by atoms with Crippen LogP contribution in [0.25, 0.3) is 11.0 Å². The number of aliphatic imine (C=N–C) groups is 1. The number of pyridine rings is 1. The number of amides is 1. The third-order valence-corrected chi connectivity index (χ3v) is 5.75. The van der Waals surface area contributed by atoms with E-state index < -0.39 is 5.54 Å². The second-order valence-electron chi connectivity index (χ2n) is 7.51. The van der Waals surface area contributed by atoms with Crippen molar-refractivity contribution in [2.24, 2.45) is 10.7 Å². The first-order valence-electron chi connectivity index (χ1n) is 9.26. The molecule has 1 aliphatic heterocycles. The molecule has 0 bridgehead atoms. The second-order valence-corrected chi connectivity index (χ2v) is 8.42. The van der Waals surface area contributed by atoms with E-state index in [2.05, 4.69) is 25.9 Å². The first-order valence-corrected chi connectivity index (χ1v) is 10.1. The summed E-state index contributed by atoms with van der Waals surface area (Å²) in [6, 6.07) is 8.91. The number of nitrogens with zero attached hydrogens (tertiary/aromatic N) is 3. The highest BCUT2D eigenvalue weighted by atomic mass is 79.9. The maximum absolute atomic E-state index is 12.9. The van der Waals surface area contributed by atoms with Crippen LogP contribution in [0.4, 0.5) is 5.69 Å². The Morgan fingerprint density at radius 1 is 1.30 bits per heavy atom. The van der Waals surface area contributed by atoms with Gasteiger partial charge < -0.3 is 15.9 Å². The van der Waals surface area contributed by atoms with Crippen molar-refractivity contribution in [3.8, 4) is 0 Å². The number of carbonyl (C=O) groups excluding carboxylic acids is 2. The number of benzene rings is 1. The van der Waals surface area contributed by atoms with Crippen LogP contribution >= 0.6 is 15.9 Å². The number of hydrogen-bond donors (Lipinski definition) is 2. The average Bonchev–Trinajstić information content (AvgIpc) is 3.02. The van der Waals surface area contributed by atoms with E-state index in [0.29, 0.717) is 27.9 Å². The Kier molecular flexibility index (Phi) is 4.85. The van der Waals surface area contributed by atoms with Crippen LogP contribution in [0, 0.1) is 0 Å². The number of aromatic nitrogens is 1. The highest BCUT2D eigenvalue weighted by Gasteiger charge is 2.37. The SMILES string of the molecule is CN1C(=O)CC(C)(c2cc(CC(=O)c3oc4ccc(Br)cc4c3N)ccn2)N=C1N. The van der Waals surface area contributed by atoms with Gasteiger partial charge in [-0.2, -0.15) is 0 Å². The third kappa shape index (κ3) is 3.45. The summed E-state index contributed by atoms with van der Waals surface area (Å²) in [5.74, 6) is -0.123. The van der Waals surface area contributed by atoms with E-state index in [0.717, 1.165) is 4.47 Å². The summed E-state index contributed by atoms with van der Waals surface area (Å²) in [5, 5.41) is 0.685. The fraction of sp³-hybridized carbons (Fsp3) is 0.238. The molecule has 0 saturated heterocycles. The van der Waals surface area contributed by atoms with Gasteiger partial charge in [0.25, 0.3) is 0 Å². The molecule has 0 fully saturated rings. The van der Waals surface area contributed by atoms with Gasteiger partial charge in [-0.3, -0.25) is 19.5 Å². The molecule has 3 aromatic rings. The molecule has 4 rings (SSSR count). The summed E-state index contributed by atoms with van der Waals surface area (Å²) < 4.78 is 6.54. The molecule has 2 aromatic heterocycles. The maximum atomic E-state index is 12.9. The minimum absolute atomic E-state index is 0.0733. The van der Waals surface area contributed by atoms with Gasteiger partial charge in [-0.15, -0.1) is 0 Å². The minimum atomic E-state index is -0.891. The van der Waals surface area contributed by atoms with E-state index in [1.807, 2.05) is 12.1 Å². The fourth-order valence-electron chi connectivity index (χ4n) is 3.50. The van der Waals surface area contributed by atoms with Crippen molar-refractivity contribution < 1.29 is 14.0 Å². The number of nitrogens with two attached hydrogens (primary N) is 2. The number of carbonyl (C=O) groups is 2. The van der Waals surface area contributed by atoms with Crippen molar-refractivity contribution >= 4 is 50.2 Å². The number of guanidine groups is 1. The molecular weight excluding hydrogens is 450 g/mol. The van der Waals surface area contributed by atoms with Crippen LogP contribution in [0.3, 0.4) is 0 Å². The average molecular weight is 470 g/mol. The van der Waals surface area contributed by atoms with Gasteiger partial charge in [-0.25, -0.2) is 4.99 Å². The Morgan fingerprint density at radius 2 is 2.07 bits per heavy atom. The van der Waals surface area contributed by atoms with Crippen LogP contribution in [0.5, 0.6) is 0 Å². The van der Waals surface area contributed by atoms with Crippen molar-refractivity contribution in [2.45, 2.75) is 25.3 Å². The second kappa shape index (κ2) is 7.24. The molecule has 30 heavy (non-hydrogen) atoms. The van der Waals surface area contributed by atoms with Gasteiger partial charge in [0.1, 0.15) is 11.1 Å². The largest absolute Gasteiger partial charge is 0.451 e. The lowest BCUT2D eigenvalue weighted by Gasteiger charge is -2.32. The van der Waals surface area contributed by atoms with Gasteiger partial charge in [0.2, 0.25) is 11.7 Å². The number of halogens is 1. The van der Waals surface area contributed by atoms with Crippen molar-refractivity contribution in [3.63, 3.8) is 0 Å². The Labute approximate surface area is 181 Å². The van der Waals surface area contributed by atoms with Crippen LogP contribution in [-0.2, 0) is 16.8 Å². The molecule has 4 N–H and O–H groups in total. The number of Topliss-reactive ketones (excluding diaryl/α,β-unsaturated/α-hetero) is 1. The minimum Gasteiger partial charge on any atom is -0.451 e. The van der Waals surface area contributed by atoms with Crippen molar-refractivity contribution in [2.75, 3.05) is 12.8 Å². The maximum Gasteiger partial charge on any atom is 0.231 e. The summed E-state index contributed by atoms with van der Waals surface area (Å²) in [6.07, 6.45) is 1.81. The third-order valence-electron chi connectivity index (χ3n) is 5.26. The highest BCUT2D eigenvalue weighted by molar-refractivity contribution is 9.10. The van der Waals surface area contributed by atoms with Gasteiger partial charge in [-0.1, -0.05) is 15.9 Å². The molecule has 9 heteroatoms. The quantitative estimate of drug-likeness (QED) is 0.565. The lowest BCUT2D eigenvalue weighted by Crippen LogP contribution is -2.47. The topological polar surface area (TPSA) is 128 Å². The van der Waals surface area contributed by atoms with Gasteiger partial charge in [0.05, 0.1) is 17.8 Å². The monoisotopic (exact) mass is 469 g/mol. The predicted molar refractivity (Wildman–Crippen MR) is 117 cm³/mol. The molecule has 3 heterocycles. The van der Waals surface area contributed by atoms with E-state index in [9.17, 15) is 9.59 Å². The van der Waals surface area contributed by atoms with Crippen molar-refractivity contribution in [1.82, 2.24) is 9.88 Å². The summed E-state index contributed by atoms with van der Waals surface area (Å²) in [6.45, 7) is 1.80. The fourth-order valence-corrected chi connectivity index (χ4v) is 3.86. The van der Waals surface area contributed by atoms with Gasteiger partial charge >= 0.3 is 0 Å². The molecule has 8 nitrogen and oxygen atoms in total. The summed E-state index contributed by atoms with van der Waals surface area (Å²) in [7, 11) is 1.58. The van der Waals surface area contributed by atoms with E-state index in [1.54, 1.807) is 38.4 Å². The van der Waals surface area contributed by atoms with Crippen molar-refractivity contribution in [1.29, 1.82) is 0 Å². The number of nitrogen functional groups attached to an aromatic ring is 1. The zero-order chi connectivity index (χ0) is 21.6. The first-order chi connectivity index (χ1) is 14.2. The van der Waals surface area contributed by atoms with E-state index in [-0.39, 0.29) is 36.3 Å². The molecule has 1 aliphatic rings. The molecule has 0 spiro atoms. The number of hydrogen-bond acceptors (Lipinski definition) is 7. The van der Waals surface area contributed by atoms with Crippen LogP contribution in [0.2, 0.25) is 0 Å². The normalized spacial score (nSPS) is 19.2. The van der Waals surface area contributed by atoms with E-state index in [1.165, 1.54) is 4.90 Å². The predicted octanol–water partition coefficient (Wildman–Crippen LogP) is 2.99. The molecular formula is C21H20BrN5O3. The number of ketones is 1. The Balaban J connectivity index is 1.63. The first kappa shape index (κ1) is 20.1. The van der Waals surface area contributed by atoms with E-state index >= 15 is 0 Å². The van der Waals surface area contributed by atoms with Crippen LogP contribution in [0.15, 0.2) is 50.4 Å². The summed E-state index contributed by atoms with van der Waals surface area (Å²) in [5.41, 5.74) is 13.3. The molecule has 0 aliphatic carbocycles. The number of anilines is 1. The summed E-state index contributed by atoms with van der Waals surface area (Å²) in [4.78, 5) is 35.3. The molecule has 1 unspecified atom stereocenters. The standard InChI is InChI=1S/C21H20BrN5O3/c1-21(10-17(29)27(2)20(24)26-21)16-8-11(5-6-25-16)7-14(28)19-18(23)13-9-12(22)3-4-15(13)30-19/h3-6,8-9H,7,10,23H2,1-2H3,(H2,24,26). The van der Waals surface area contributed by atoms with Crippen LogP contribution in [-0.4, -0.2) is 34.6 Å². The van der Waals surface area contributed by atoms with Crippen LogP contribution in [0.1, 0.15) is 35.2 Å². The Hall–Kier alpha value is -3.20. The Bertz CT molecular complexity index is 1220. The van der Waals surface area contributed by atoms with E-state index in [4.69, 9.17) is 15.9 Å². The molecule has 154 valence electrons. The zero-order valence-electron chi connectivity index (χ0n) is 16.5. The summed E-state index contributed by atoms with van der Waals surface area (Å²) >= 11 is 3.39. The van der Waals surface area contributed by atoms with Crippen LogP contribution < -0.4 is 11.5 Å². The smallest absolute Gasteiger partial charge is 0.231 e. The molecule has 0 saturated carbocycles. The molecule has 0 radical (unpaired) electrons. The lowest BCUT2D eigenvalue weighted by atomic mass is 9.90. The molecule has 1 aromatic carbocycles. The zero-order valence-corrected chi connectivity index (χ0v) is 18.1. The van der Waals surface area contributed by atoms with Gasteiger partial charge in [0.15, 0.2) is 11.7 Å². The molecule has 1 atom stereocenters. The number of furan rings is 1.